The molecule has 1 saturated heterocycles. The Bertz CT molecular complexity index is 191. The lowest BCUT2D eigenvalue weighted by Gasteiger charge is -2.17. The SMILES string of the molecule is CCCCC(NCC1CCCO1)C(N)=O. The van der Waals surface area contributed by atoms with Gasteiger partial charge >= 0.3 is 0 Å². The molecule has 3 N–H and O–H groups in total. The van der Waals surface area contributed by atoms with Crippen LogP contribution < -0.4 is 11.1 Å². The van der Waals surface area contributed by atoms with Gasteiger partial charge in [-0.2, -0.15) is 0 Å². The molecule has 1 aliphatic rings. The van der Waals surface area contributed by atoms with Gasteiger partial charge in [-0.1, -0.05) is 19.8 Å². The minimum Gasteiger partial charge on any atom is -0.377 e. The second kappa shape index (κ2) is 6.80. The summed E-state index contributed by atoms with van der Waals surface area (Å²) in [5, 5.41) is 3.20. The van der Waals surface area contributed by atoms with Gasteiger partial charge in [0.1, 0.15) is 0 Å². The van der Waals surface area contributed by atoms with E-state index in [1.807, 2.05) is 0 Å². The van der Waals surface area contributed by atoms with E-state index in [1.54, 1.807) is 0 Å². The maximum Gasteiger partial charge on any atom is 0.234 e. The van der Waals surface area contributed by atoms with Crippen molar-refractivity contribution >= 4 is 5.91 Å². The normalized spacial score (nSPS) is 22.9. The fraction of sp³-hybridized carbons (Fsp3) is 0.909. The summed E-state index contributed by atoms with van der Waals surface area (Å²) in [6, 6.07) is -0.186. The summed E-state index contributed by atoms with van der Waals surface area (Å²) in [7, 11) is 0. The van der Waals surface area contributed by atoms with E-state index in [0.29, 0.717) is 0 Å². The third kappa shape index (κ3) is 4.62. The van der Waals surface area contributed by atoms with Crippen LogP contribution in [0.3, 0.4) is 0 Å². The zero-order chi connectivity index (χ0) is 11.1. The fourth-order valence-corrected chi connectivity index (χ4v) is 1.83. The molecule has 1 rings (SSSR count). The summed E-state index contributed by atoms with van der Waals surface area (Å²) in [5.74, 6) is -0.249. The Balaban J connectivity index is 2.20. The van der Waals surface area contributed by atoms with Crippen LogP contribution in [-0.4, -0.2) is 31.2 Å². The number of primary amides is 1. The lowest BCUT2D eigenvalue weighted by molar-refractivity contribution is -0.120. The molecule has 1 aliphatic heterocycles. The molecule has 0 aromatic heterocycles. The van der Waals surface area contributed by atoms with E-state index in [2.05, 4.69) is 12.2 Å². The van der Waals surface area contributed by atoms with Gasteiger partial charge < -0.3 is 15.8 Å². The standard InChI is InChI=1S/C11H22N2O2/c1-2-3-6-10(11(12)14)13-8-9-5-4-7-15-9/h9-10,13H,2-8H2,1H3,(H2,12,14). The summed E-state index contributed by atoms with van der Waals surface area (Å²) in [4.78, 5) is 11.1. The summed E-state index contributed by atoms with van der Waals surface area (Å²) in [5.41, 5.74) is 5.32. The van der Waals surface area contributed by atoms with E-state index < -0.39 is 0 Å². The second-order valence-electron chi connectivity index (χ2n) is 4.14. The zero-order valence-electron chi connectivity index (χ0n) is 9.50. The van der Waals surface area contributed by atoms with Crippen molar-refractivity contribution in [2.75, 3.05) is 13.2 Å². The average molecular weight is 214 g/mol. The zero-order valence-corrected chi connectivity index (χ0v) is 9.50. The van der Waals surface area contributed by atoms with Crippen LogP contribution in [0.15, 0.2) is 0 Å². The van der Waals surface area contributed by atoms with Gasteiger partial charge in [-0.25, -0.2) is 0 Å². The molecule has 1 amide bonds. The summed E-state index contributed by atoms with van der Waals surface area (Å²) in [6.07, 6.45) is 5.44. The largest absolute Gasteiger partial charge is 0.377 e. The van der Waals surface area contributed by atoms with E-state index in [1.165, 1.54) is 0 Å². The Kier molecular flexibility index (Phi) is 5.65. The van der Waals surface area contributed by atoms with Gasteiger partial charge in [0.25, 0.3) is 0 Å². The van der Waals surface area contributed by atoms with Crippen LogP contribution in [0, 0.1) is 0 Å². The molecule has 0 saturated carbocycles. The number of unbranched alkanes of at least 4 members (excludes halogenated alkanes) is 1. The number of nitrogens with one attached hydrogen (secondary N) is 1. The number of hydrogen-bond donors (Lipinski definition) is 2. The number of hydrogen-bond acceptors (Lipinski definition) is 3. The fourth-order valence-electron chi connectivity index (χ4n) is 1.83. The van der Waals surface area contributed by atoms with Crippen molar-refractivity contribution in [2.45, 2.75) is 51.2 Å². The maximum absolute atomic E-state index is 11.1. The first-order valence-electron chi connectivity index (χ1n) is 5.88. The van der Waals surface area contributed by atoms with Gasteiger partial charge in [0.2, 0.25) is 5.91 Å². The lowest BCUT2D eigenvalue weighted by atomic mass is 10.1. The van der Waals surface area contributed by atoms with Crippen LogP contribution in [0.5, 0.6) is 0 Å². The van der Waals surface area contributed by atoms with Crippen molar-refractivity contribution in [3.63, 3.8) is 0 Å². The molecular formula is C11H22N2O2. The molecule has 0 aromatic rings. The van der Waals surface area contributed by atoms with E-state index in [4.69, 9.17) is 10.5 Å². The van der Waals surface area contributed by atoms with E-state index >= 15 is 0 Å². The summed E-state index contributed by atoms with van der Waals surface area (Å²) < 4.78 is 5.47. The van der Waals surface area contributed by atoms with Crippen molar-refractivity contribution in [3.05, 3.63) is 0 Å². The molecule has 1 heterocycles. The van der Waals surface area contributed by atoms with E-state index in [9.17, 15) is 4.79 Å². The van der Waals surface area contributed by atoms with Crippen LogP contribution in [0.25, 0.3) is 0 Å². The van der Waals surface area contributed by atoms with Crippen LogP contribution >= 0.6 is 0 Å². The van der Waals surface area contributed by atoms with E-state index in [-0.39, 0.29) is 18.1 Å². The van der Waals surface area contributed by atoms with Gasteiger partial charge in [0.15, 0.2) is 0 Å². The number of rotatable bonds is 7. The monoisotopic (exact) mass is 214 g/mol. The molecule has 0 radical (unpaired) electrons. The highest BCUT2D eigenvalue weighted by Gasteiger charge is 2.19. The maximum atomic E-state index is 11.1. The van der Waals surface area contributed by atoms with Crippen molar-refractivity contribution in [1.82, 2.24) is 5.32 Å². The average Bonchev–Trinajstić information content (AvgIpc) is 2.70. The topological polar surface area (TPSA) is 64.3 Å². The molecule has 4 heteroatoms. The minimum atomic E-state index is -0.249. The molecular weight excluding hydrogens is 192 g/mol. The second-order valence-corrected chi connectivity index (χ2v) is 4.14. The highest BCUT2D eigenvalue weighted by molar-refractivity contribution is 5.79. The first kappa shape index (κ1) is 12.5. The Morgan fingerprint density at radius 1 is 1.67 bits per heavy atom. The number of nitrogens with two attached hydrogens (primary N) is 1. The van der Waals surface area contributed by atoms with Crippen LogP contribution in [0.4, 0.5) is 0 Å². The molecule has 15 heavy (non-hydrogen) atoms. The van der Waals surface area contributed by atoms with Gasteiger partial charge in [0.05, 0.1) is 12.1 Å². The smallest absolute Gasteiger partial charge is 0.234 e. The van der Waals surface area contributed by atoms with Gasteiger partial charge in [0, 0.05) is 13.2 Å². The lowest BCUT2D eigenvalue weighted by Crippen LogP contribution is -2.44. The highest BCUT2D eigenvalue weighted by atomic mass is 16.5. The number of carbonyl (C=O) groups is 1. The first-order chi connectivity index (χ1) is 7.24. The van der Waals surface area contributed by atoms with Crippen LogP contribution in [0.2, 0.25) is 0 Å². The van der Waals surface area contributed by atoms with Crippen molar-refractivity contribution in [1.29, 1.82) is 0 Å². The molecule has 1 fully saturated rings. The van der Waals surface area contributed by atoms with Crippen LogP contribution in [0.1, 0.15) is 39.0 Å². The van der Waals surface area contributed by atoms with Gasteiger partial charge in [-0.3, -0.25) is 4.79 Å². The highest BCUT2D eigenvalue weighted by Crippen LogP contribution is 2.11. The quantitative estimate of drug-likeness (QED) is 0.659. The Morgan fingerprint density at radius 2 is 2.47 bits per heavy atom. The molecule has 0 aromatic carbocycles. The predicted octanol–water partition coefficient (Wildman–Crippen LogP) is 0.799. The Hall–Kier alpha value is -0.610. The summed E-state index contributed by atoms with van der Waals surface area (Å²) >= 11 is 0. The predicted molar refractivity (Wildman–Crippen MR) is 59.5 cm³/mol. The van der Waals surface area contributed by atoms with Gasteiger partial charge in [-0.15, -0.1) is 0 Å². The Morgan fingerprint density at radius 3 is 3.00 bits per heavy atom. The Labute approximate surface area is 91.5 Å². The van der Waals surface area contributed by atoms with E-state index in [0.717, 1.165) is 45.3 Å². The first-order valence-corrected chi connectivity index (χ1v) is 5.88. The van der Waals surface area contributed by atoms with Crippen molar-refractivity contribution < 1.29 is 9.53 Å². The molecule has 88 valence electrons. The number of ether oxygens (including phenoxy) is 1. The molecule has 0 spiro atoms. The van der Waals surface area contributed by atoms with Gasteiger partial charge in [-0.05, 0) is 19.3 Å². The molecule has 0 bridgehead atoms. The van der Waals surface area contributed by atoms with Crippen LogP contribution in [-0.2, 0) is 9.53 Å². The van der Waals surface area contributed by atoms with Crippen molar-refractivity contribution in [3.8, 4) is 0 Å². The number of amides is 1. The number of carbonyl (C=O) groups excluding carboxylic acids is 1. The molecule has 2 unspecified atom stereocenters. The van der Waals surface area contributed by atoms with Crippen molar-refractivity contribution in [2.24, 2.45) is 5.73 Å². The molecule has 2 atom stereocenters. The molecule has 4 nitrogen and oxygen atoms in total. The summed E-state index contributed by atoms with van der Waals surface area (Å²) in [6.45, 7) is 3.71. The third-order valence-electron chi connectivity index (χ3n) is 2.81. The minimum absolute atomic E-state index is 0.186. The third-order valence-corrected chi connectivity index (χ3v) is 2.81. The molecule has 0 aliphatic carbocycles.